The SMILES string of the molecule is COc1ccc(NC(=O)C(c2ccc(OC)c(OC)c2)N(Cc2ccccc2C)C(=O)CSc2nc(C)cc(C)n2)c(OC)c1. The lowest BCUT2D eigenvalue weighted by Gasteiger charge is -2.32. The van der Waals surface area contributed by atoms with Crippen molar-refractivity contribution in [3.05, 3.63) is 94.8 Å². The van der Waals surface area contributed by atoms with Crippen molar-refractivity contribution in [1.82, 2.24) is 14.9 Å². The molecule has 0 saturated heterocycles. The minimum Gasteiger partial charge on any atom is -0.497 e. The van der Waals surface area contributed by atoms with E-state index in [1.807, 2.05) is 51.1 Å². The van der Waals surface area contributed by atoms with Gasteiger partial charge in [-0.15, -0.1) is 0 Å². The summed E-state index contributed by atoms with van der Waals surface area (Å²) >= 11 is 1.23. The standard InChI is InChI=1S/C34H38N4O6S/c1-21-10-8-9-11-25(21)19-38(31(39)20-45-34-35-22(2)16-23(3)36-34)32(24-12-15-28(42-5)30(17-24)44-7)33(40)37-27-14-13-26(41-4)18-29(27)43-6/h8-18,32H,19-20H2,1-7H3,(H,37,40). The van der Waals surface area contributed by atoms with Gasteiger partial charge in [0.05, 0.1) is 39.9 Å². The third-order valence-electron chi connectivity index (χ3n) is 7.16. The van der Waals surface area contributed by atoms with Crippen LogP contribution in [-0.2, 0) is 16.1 Å². The van der Waals surface area contributed by atoms with Gasteiger partial charge >= 0.3 is 0 Å². The average molecular weight is 631 g/mol. The first-order chi connectivity index (χ1) is 21.7. The summed E-state index contributed by atoms with van der Waals surface area (Å²) in [4.78, 5) is 39.1. The average Bonchev–Trinajstić information content (AvgIpc) is 3.03. The highest BCUT2D eigenvalue weighted by atomic mass is 32.2. The van der Waals surface area contributed by atoms with Crippen LogP contribution < -0.4 is 24.3 Å². The van der Waals surface area contributed by atoms with Crippen LogP contribution in [0.4, 0.5) is 5.69 Å². The number of thioether (sulfide) groups is 1. The third-order valence-corrected chi connectivity index (χ3v) is 7.99. The molecule has 0 bridgehead atoms. The molecule has 1 N–H and O–H groups in total. The summed E-state index contributed by atoms with van der Waals surface area (Å²) in [6.07, 6.45) is 0. The van der Waals surface area contributed by atoms with Gasteiger partial charge in [-0.05, 0) is 67.8 Å². The molecule has 0 radical (unpaired) electrons. The van der Waals surface area contributed by atoms with E-state index in [1.165, 1.54) is 33.1 Å². The number of rotatable bonds is 13. The maximum absolute atomic E-state index is 14.4. The van der Waals surface area contributed by atoms with E-state index in [-0.39, 0.29) is 18.2 Å². The number of amides is 2. The van der Waals surface area contributed by atoms with Gasteiger partial charge < -0.3 is 29.2 Å². The van der Waals surface area contributed by atoms with Crippen LogP contribution in [0.15, 0.2) is 71.9 Å². The van der Waals surface area contributed by atoms with Crippen molar-refractivity contribution >= 4 is 29.3 Å². The summed E-state index contributed by atoms with van der Waals surface area (Å²) in [6, 6.07) is 18.9. The molecule has 0 aliphatic heterocycles. The first-order valence-electron chi connectivity index (χ1n) is 14.2. The van der Waals surface area contributed by atoms with Crippen LogP contribution in [-0.4, -0.2) is 60.9 Å². The summed E-state index contributed by atoms with van der Waals surface area (Å²) < 4.78 is 21.9. The Morgan fingerprint density at radius 2 is 1.49 bits per heavy atom. The molecule has 10 nitrogen and oxygen atoms in total. The number of ether oxygens (including phenoxy) is 4. The number of anilines is 1. The molecular formula is C34H38N4O6S. The molecule has 0 fully saturated rings. The van der Waals surface area contributed by atoms with Crippen molar-refractivity contribution in [1.29, 1.82) is 0 Å². The Labute approximate surface area is 268 Å². The summed E-state index contributed by atoms with van der Waals surface area (Å²) in [6.45, 7) is 5.92. The van der Waals surface area contributed by atoms with Crippen LogP contribution in [0.5, 0.6) is 23.0 Å². The maximum Gasteiger partial charge on any atom is 0.251 e. The Morgan fingerprint density at radius 3 is 2.13 bits per heavy atom. The number of nitrogens with one attached hydrogen (secondary N) is 1. The van der Waals surface area contributed by atoms with Crippen LogP contribution in [0.3, 0.4) is 0 Å². The molecule has 11 heteroatoms. The van der Waals surface area contributed by atoms with Crippen molar-refractivity contribution in [3.8, 4) is 23.0 Å². The molecule has 1 unspecified atom stereocenters. The lowest BCUT2D eigenvalue weighted by Crippen LogP contribution is -2.42. The molecule has 0 aliphatic rings. The summed E-state index contributed by atoms with van der Waals surface area (Å²) in [5, 5.41) is 3.48. The number of aromatic nitrogens is 2. The van der Waals surface area contributed by atoms with Crippen molar-refractivity contribution in [2.24, 2.45) is 0 Å². The molecule has 3 aromatic carbocycles. The van der Waals surface area contributed by atoms with Crippen molar-refractivity contribution in [3.63, 3.8) is 0 Å². The molecule has 1 heterocycles. The minimum absolute atomic E-state index is 0.0116. The lowest BCUT2D eigenvalue weighted by molar-refractivity contribution is -0.137. The normalized spacial score (nSPS) is 11.4. The zero-order valence-corrected chi connectivity index (χ0v) is 27.4. The van der Waals surface area contributed by atoms with Crippen LogP contribution in [0, 0.1) is 20.8 Å². The van der Waals surface area contributed by atoms with Crippen LogP contribution in [0.2, 0.25) is 0 Å². The van der Waals surface area contributed by atoms with Gasteiger partial charge in [-0.25, -0.2) is 9.97 Å². The number of nitrogens with zero attached hydrogens (tertiary/aromatic N) is 3. The number of carbonyl (C=O) groups is 2. The number of carbonyl (C=O) groups excluding carboxylic acids is 2. The molecule has 236 valence electrons. The first kappa shape index (κ1) is 33.1. The summed E-state index contributed by atoms with van der Waals surface area (Å²) in [5.41, 5.74) is 4.47. The minimum atomic E-state index is -1.07. The van der Waals surface area contributed by atoms with Gasteiger partial charge in [0, 0.05) is 24.0 Å². The van der Waals surface area contributed by atoms with Gasteiger partial charge in [-0.1, -0.05) is 42.1 Å². The molecule has 1 atom stereocenters. The van der Waals surface area contributed by atoms with E-state index < -0.39 is 11.9 Å². The van der Waals surface area contributed by atoms with E-state index in [4.69, 9.17) is 18.9 Å². The Balaban J connectivity index is 1.80. The Hall–Kier alpha value is -4.77. The molecular weight excluding hydrogens is 592 g/mol. The monoisotopic (exact) mass is 630 g/mol. The van der Waals surface area contributed by atoms with E-state index in [0.717, 1.165) is 22.5 Å². The highest BCUT2D eigenvalue weighted by Crippen LogP contribution is 2.36. The maximum atomic E-state index is 14.4. The molecule has 1 aromatic heterocycles. The second kappa shape index (κ2) is 15.3. The number of hydrogen-bond donors (Lipinski definition) is 1. The number of benzene rings is 3. The van der Waals surface area contributed by atoms with Crippen molar-refractivity contribution < 1.29 is 28.5 Å². The van der Waals surface area contributed by atoms with Gasteiger partial charge in [0.1, 0.15) is 17.5 Å². The highest BCUT2D eigenvalue weighted by molar-refractivity contribution is 7.99. The Kier molecular flexibility index (Phi) is 11.3. The zero-order valence-electron chi connectivity index (χ0n) is 26.5. The largest absolute Gasteiger partial charge is 0.497 e. The fourth-order valence-electron chi connectivity index (χ4n) is 4.86. The summed E-state index contributed by atoms with van der Waals surface area (Å²) in [7, 11) is 6.13. The quantitative estimate of drug-likeness (QED) is 0.142. The van der Waals surface area contributed by atoms with Gasteiger partial charge in [0.25, 0.3) is 5.91 Å². The Bertz CT molecular complexity index is 1640. The number of aryl methyl sites for hydroxylation is 3. The van der Waals surface area contributed by atoms with E-state index >= 15 is 0 Å². The first-order valence-corrected chi connectivity index (χ1v) is 15.2. The van der Waals surface area contributed by atoms with Crippen LogP contribution >= 0.6 is 11.8 Å². The van der Waals surface area contributed by atoms with E-state index in [1.54, 1.807) is 48.4 Å². The molecule has 4 rings (SSSR count). The highest BCUT2D eigenvalue weighted by Gasteiger charge is 2.33. The lowest BCUT2D eigenvalue weighted by atomic mass is 10.0. The predicted octanol–water partition coefficient (Wildman–Crippen LogP) is 5.94. The van der Waals surface area contributed by atoms with E-state index in [9.17, 15) is 9.59 Å². The number of hydrogen-bond acceptors (Lipinski definition) is 9. The third kappa shape index (κ3) is 8.24. The second-order valence-corrected chi connectivity index (χ2v) is 11.2. The number of methoxy groups -OCH3 is 4. The van der Waals surface area contributed by atoms with Crippen LogP contribution in [0.25, 0.3) is 0 Å². The smallest absolute Gasteiger partial charge is 0.251 e. The molecule has 4 aromatic rings. The van der Waals surface area contributed by atoms with Gasteiger partial charge in [0.2, 0.25) is 5.91 Å². The fourth-order valence-corrected chi connectivity index (χ4v) is 5.70. The zero-order chi connectivity index (χ0) is 32.5. The van der Waals surface area contributed by atoms with Gasteiger partial charge in [-0.3, -0.25) is 9.59 Å². The second-order valence-electron chi connectivity index (χ2n) is 10.2. The van der Waals surface area contributed by atoms with Crippen molar-refractivity contribution in [2.75, 3.05) is 39.5 Å². The molecule has 45 heavy (non-hydrogen) atoms. The Morgan fingerprint density at radius 1 is 0.800 bits per heavy atom. The summed E-state index contributed by atoms with van der Waals surface area (Å²) in [5.74, 6) is 1.20. The topological polar surface area (TPSA) is 112 Å². The molecule has 2 amide bonds. The molecule has 0 spiro atoms. The molecule has 0 saturated carbocycles. The predicted molar refractivity (Wildman–Crippen MR) is 174 cm³/mol. The fraction of sp³-hybridized carbons (Fsp3) is 0.294. The van der Waals surface area contributed by atoms with Gasteiger partial charge in [-0.2, -0.15) is 0 Å². The van der Waals surface area contributed by atoms with Crippen molar-refractivity contribution in [2.45, 2.75) is 38.5 Å². The van der Waals surface area contributed by atoms with Gasteiger partial charge in [0.15, 0.2) is 16.7 Å². The van der Waals surface area contributed by atoms with Crippen LogP contribution in [0.1, 0.15) is 34.1 Å². The molecule has 0 aliphatic carbocycles. The van der Waals surface area contributed by atoms with E-state index in [0.29, 0.717) is 39.4 Å². The van der Waals surface area contributed by atoms with E-state index in [2.05, 4.69) is 15.3 Å².